The maximum absolute atomic E-state index is 11.5. The van der Waals surface area contributed by atoms with Crippen molar-refractivity contribution in [2.24, 2.45) is 0 Å². The standard InChI is InChI=1S/C17H18N2O3/c1-3-13-10-7-11-18-15(13)16(19(21)22)12(2)17(20)14-8-5-4-6-9-14/h4-11,17,20H,3H2,1-2H3/b16-12-. The summed E-state index contributed by atoms with van der Waals surface area (Å²) in [5, 5.41) is 22.0. The van der Waals surface area contributed by atoms with Gasteiger partial charge in [0.2, 0.25) is 0 Å². The van der Waals surface area contributed by atoms with Gasteiger partial charge in [-0.3, -0.25) is 10.1 Å². The van der Waals surface area contributed by atoms with Crippen LogP contribution in [-0.2, 0) is 6.42 Å². The van der Waals surface area contributed by atoms with Crippen molar-refractivity contribution in [1.29, 1.82) is 0 Å². The van der Waals surface area contributed by atoms with E-state index in [2.05, 4.69) is 4.98 Å². The van der Waals surface area contributed by atoms with E-state index in [4.69, 9.17) is 0 Å². The van der Waals surface area contributed by atoms with E-state index in [1.54, 1.807) is 37.3 Å². The summed E-state index contributed by atoms with van der Waals surface area (Å²) >= 11 is 0. The average molecular weight is 298 g/mol. The van der Waals surface area contributed by atoms with Crippen LogP contribution in [0.1, 0.15) is 36.8 Å². The lowest BCUT2D eigenvalue weighted by atomic mass is 9.98. The second-order valence-corrected chi connectivity index (χ2v) is 4.97. The molecule has 1 aromatic heterocycles. The molecule has 22 heavy (non-hydrogen) atoms. The van der Waals surface area contributed by atoms with Crippen molar-refractivity contribution >= 4 is 5.70 Å². The molecule has 0 radical (unpaired) electrons. The third-order valence-electron chi connectivity index (χ3n) is 3.58. The van der Waals surface area contributed by atoms with E-state index < -0.39 is 11.0 Å². The molecule has 0 amide bonds. The Morgan fingerprint density at radius 2 is 1.95 bits per heavy atom. The number of aromatic nitrogens is 1. The summed E-state index contributed by atoms with van der Waals surface area (Å²) in [4.78, 5) is 15.2. The Balaban J connectivity index is 2.57. The number of hydrogen-bond donors (Lipinski definition) is 1. The fourth-order valence-electron chi connectivity index (χ4n) is 2.37. The number of pyridine rings is 1. The van der Waals surface area contributed by atoms with E-state index in [9.17, 15) is 15.2 Å². The SMILES string of the molecule is CCc1cccnc1/C(=C(\C)C(O)c1ccccc1)[N+](=O)[O-]. The zero-order valence-electron chi connectivity index (χ0n) is 12.6. The van der Waals surface area contributed by atoms with Crippen LogP contribution >= 0.6 is 0 Å². The quantitative estimate of drug-likeness (QED) is 0.678. The number of aliphatic hydroxyl groups excluding tert-OH is 1. The molecular formula is C17H18N2O3. The molecule has 1 N–H and O–H groups in total. The zero-order chi connectivity index (χ0) is 16.1. The predicted molar refractivity (Wildman–Crippen MR) is 84.6 cm³/mol. The van der Waals surface area contributed by atoms with E-state index in [1.807, 2.05) is 19.1 Å². The first-order valence-electron chi connectivity index (χ1n) is 7.08. The van der Waals surface area contributed by atoms with Crippen LogP contribution in [0.2, 0.25) is 0 Å². The van der Waals surface area contributed by atoms with Gasteiger partial charge in [0.1, 0.15) is 11.8 Å². The van der Waals surface area contributed by atoms with Gasteiger partial charge < -0.3 is 5.11 Å². The minimum Gasteiger partial charge on any atom is -0.384 e. The van der Waals surface area contributed by atoms with Gasteiger partial charge in [-0.15, -0.1) is 0 Å². The van der Waals surface area contributed by atoms with Gasteiger partial charge in [-0.25, -0.2) is 4.98 Å². The van der Waals surface area contributed by atoms with Crippen LogP contribution in [0.4, 0.5) is 0 Å². The van der Waals surface area contributed by atoms with E-state index in [0.717, 1.165) is 5.56 Å². The molecule has 5 nitrogen and oxygen atoms in total. The largest absolute Gasteiger partial charge is 0.384 e. The highest BCUT2D eigenvalue weighted by molar-refractivity contribution is 5.62. The van der Waals surface area contributed by atoms with Crippen LogP contribution in [0.5, 0.6) is 0 Å². The molecule has 0 fully saturated rings. The predicted octanol–water partition coefficient (Wildman–Crippen LogP) is 3.39. The summed E-state index contributed by atoms with van der Waals surface area (Å²) < 4.78 is 0. The van der Waals surface area contributed by atoms with Crippen LogP contribution in [0.3, 0.4) is 0 Å². The average Bonchev–Trinajstić information content (AvgIpc) is 2.55. The van der Waals surface area contributed by atoms with Gasteiger partial charge in [0.25, 0.3) is 5.70 Å². The lowest BCUT2D eigenvalue weighted by Gasteiger charge is -2.13. The molecule has 2 aromatic rings. The van der Waals surface area contributed by atoms with Gasteiger partial charge in [0.15, 0.2) is 0 Å². The van der Waals surface area contributed by atoms with Gasteiger partial charge in [-0.2, -0.15) is 0 Å². The second kappa shape index (κ2) is 6.95. The van der Waals surface area contributed by atoms with Crippen LogP contribution < -0.4 is 0 Å². The van der Waals surface area contributed by atoms with Crippen molar-refractivity contribution in [3.8, 4) is 0 Å². The molecule has 0 aliphatic carbocycles. The van der Waals surface area contributed by atoms with Crippen LogP contribution in [0, 0.1) is 10.1 Å². The van der Waals surface area contributed by atoms with E-state index in [-0.39, 0.29) is 11.3 Å². The highest BCUT2D eigenvalue weighted by Gasteiger charge is 2.26. The molecule has 0 saturated carbocycles. The smallest absolute Gasteiger partial charge is 0.296 e. The highest BCUT2D eigenvalue weighted by atomic mass is 16.6. The van der Waals surface area contributed by atoms with Gasteiger partial charge in [-0.05, 0) is 30.5 Å². The first-order valence-corrected chi connectivity index (χ1v) is 7.08. The summed E-state index contributed by atoms with van der Waals surface area (Å²) in [5.74, 6) is 0. The fraction of sp³-hybridized carbons (Fsp3) is 0.235. The monoisotopic (exact) mass is 298 g/mol. The number of nitrogens with zero attached hydrogens (tertiary/aromatic N) is 2. The van der Waals surface area contributed by atoms with Crippen molar-refractivity contribution < 1.29 is 10.0 Å². The van der Waals surface area contributed by atoms with Crippen molar-refractivity contribution in [2.45, 2.75) is 26.4 Å². The summed E-state index contributed by atoms with van der Waals surface area (Å²) in [6.07, 6.45) is 1.13. The lowest BCUT2D eigenvalue weighted by Crippen LogP contribution is -2.10. The maximum Gasteiger partial charge on any atom is 0.296 e. The van der Waals surface area contributed by atoms with Crippen molar-refractivity contribution in [3.63, 3.8) is 0 Å². The second-order valence-electron chi connectivity index (χ2n) is 4.97. The number of benzene rings is 1. The summed E-state index contributed by atoms with van der Waals surface area (Å²) in [7, 11) is 0. The molecular weight excluding hydrogens is 280 g/mol. The minimum absolute atomic E-state index is 0.131. The summed E-state index contributed by atoms with van der Waals surface area (Å²) in [6.45, 7) is 3.49. The van der Waals surface area contributed by atoms with Gasteiger partial charge >= 0.3 is 0 Å². The first-order chi connectivity index (χ1) is 10.6. The third-order valence-corrected chi connectivity index (χ3v) is 3.58. The minimum atomic E-state index is -1.03. The molecule has 2 rings (SSSR count). The molecule has 114 valence electrons. The van der Waals surface area contributed by atoms with Crippen LogP contribution in [0.15, 0.2) is 54.2 Å². The van der Waals surface area contributed by atoms with Gasteiger partial charge in [0, 0.05) is 11.8 Å². The molecule has 1 heterocycles. The Bertz CT molecular complexity index is 696. The van der Waals surface area contributed by atoms with E-state index in [0.29, 0.717) is 17.7 Å². The molecule has 0 bridgehead atoms. The van der Waals surface area contributed by atoms with Gasteiger partial charge in [-0.1, -0.05) is 43.3 Å². The molecule has 1 unspecified atom stereocenters. The highest BCUT2D eigenvalue weighted by Crippen LogP contribution is 2.29. The Morgan fingerprint density at radius 1 is 1.27 bits per heavy atom. The molecule has 0 spiro atoms. The Kier molecular flexibility index (Phi) is 5.01. The zero-order valence-corrected chi connectivity index (χ0v) is 12.6. The molecule has 0 aliphatic heterocycles. The summed E-state index contributed by atoms with van der Waals surface area (Å²) in [6, 6.07) is 12.5. The summed E-state index contributed by atoms with van der Waals surface area (Å²) in [5.41, 5.74) is 1.88. The van der Waals surface area contributed by atoms with Crippen molar-refractivity contribution in [3.05, 3.63) is 81.2 Å². The lowest BCUT2D eigenvalue weighted by molar-refractivity contribution is -0.377. The topological polar surface area (TPSA) is 76.3 Å². The molecule has 1 atom stereocenters. The number of aliphatic hydroxyl groups is 1. The maximum atomic E-state index is 11.5. The van der Waals surface area contributed by atoms with Crippen molar-refractivity contribution in [1.82, 2.24) is 4.98 Å². The number of nitro groups is 1. The molecule has 0 saturated heterocycles. The van der Waals surface area contributed by atoms with E-state index in [1.165, 1.54) is 6.20 Å². The number of hydrogen-bond acceptors (Lipinski definition) is 4. The molecule has 0 aliphatic rings. The third kappa shape index (κ3) is 3.20. The first kappa shape index (κ1) is 15.9. The van der Waals surface area contributed by atoms with Crippen LogP contribution in [0.25, 0.3) is 5.70 Å². The number of aryl methyl sites for hydroxylation is 1. The van der Waals surface area contributed by atoms with Crippen LogP contribution in [-0.4, -0.2) is 15.0 Å². The Labute approximate surface area is 129 Å². The Hall–Kier alpha value is -2.53. The number of rotatable bonds is 5. The molecule has 5 heteroatoms. The van der Waals surface area contributed by atoms with Gasteiger partial charge in [0.05, 0.1) is 4.92 Å². The van der Waals surface area contributed by atoms with Crippen molar-refractivity contribution in [2.75, 3.05) is 0 Å². The Morgan fingerprint density at radius 3 is 2.55 bits per heavy atom. The molecule has 1 aromatic carbocycles. The fourth-order valence-corrected chi connectivity index (χ4v) is 2.37. The van der Waals surface area contributed by atoms with E-state index >= 15 is 0 Å². The normalized spacial score (nSPS) is 13.4.